The molecule has 0 radical (unpaired) electrons. The summed E-state index contributed by atoms with van der Waals surface area (Å²) < 4.78 is 0. The van der Waals surface area contributed by atoms with Gasteiger partial charge in [0.2, 0.25) is 0 Å². The molecule has 2 aromatic heterocycles. The number of allylic oxidation sites excluding steroid dienone is 1. The van der Waals surface area contributed by atoms with Crippen LogP contribution in [0.1, 0.15) is 11.3 Å². The SMILES string of the molecule is Nc1c(/C=C\Cc2ccccn2)ccc2ccc(-c3ccc4ccc5cccc6ccc3c4c56)nc12. The van der Waals surface area contributed by atoms with Gasteiger partial charge in [-0.2, -0.15) is 0 Å². The lowest BCUT2D eigenvalue weighted by atomic mass is 9.91. The molecule has 7 rings (SSSR count). The van der Waals surface area contributed by atoms with Crippen LogP contribution in [-0.4, -0.2) is 9.97 Å². The zero-order valence-corrected chi connectivity index (χ0v) is 19.6. The molecule has 7 aromatic rings. The maximum Gasteiger partial charge on any atom is 0.0944 e. The highest BCUT2D eigenvalue weighted by Crippen LogP contribution is 2.39. The van der Waals surface area contributed by atoms with E-state index in [1.54, 1.807) is 0 Å². The van der Waals surface area contributed by atoms with Gasteiger partial charge in [-0.05, 0) is 56.1 Å². The van der Waals surface area contributed by atoms with Crippen molar-refractivity contribution in [1.82, 2.24) is 9.97 Å². The molecule has 0 saturated heterocycles. The van der Waals surface area contributed by atoms with Crippen LogP contribution in [0.3, 0.4) is 0 Å². The minimum atomic E-state index is 0.698. The molecule has 0 aliphatic carbocycles. The minimum Gasteiger partial charge on any atom is -0.396 e. The largest absolute Gasteiger partial charge is 0.396 e. The minimum absolute atomic E-state index is 0.698. The second kappa shape index (κ2) is 8.17. The molecule has 0 atom stereocenters. The first-order valence-electron chi connectivity index (χ1n) is 12.2. The van der Waals surface area contributed by atoms with Crippen molar-refractivity contribution in [3.63, 3.8) is 0 Å². The van der Waals surface area contributed by atoms with Gasteiger partial charge in [-0.25, -0.2) is 4.98 Å². The van der Waals surface area contributed by atoms with E-state index >= 15 is 0 Å². The number of nitrogens with zero attached hydrogens (tertiary/aromatic N) is 2. The molecular formula is C33H23N3. The Morgan fingerprint density at radius 3 is 2.25 bits per heavy atom. The maximum atomic E-state index is 6.65. The van der Waals surface area contributed by atoms with E-state index in [0.29, 0.717) is 5.69 Å². The van der Waals surface area contributed by atoms with Gasteiger partial charge in [0, 0.05) is 29.3 Å². The number of hydrogen-bond donors (Lipinski definition) is 1. The number of rotatable bonds is 4. The predicted octanol–water partition coefficient (Wildman–Crippen LogP) is 8.03. The van der Waals surface area contributed by atoms with Crippen LogP contribution in [0.25, 0.3) is 60.6 Å². The second-order valence-electron chi connectivity index (χ2n) is 9.23. The number of nitrogens with two attached hydrogens (primary N) is 1. The van der Waals surface area contributed by atoms with Gasteiger partial charge in [-0.3, -0.25) is 4.98 Å². The summed E-state index contributed by atoms with van der Waals surface area (Å²) in [6.07, 6.45) is 6.74. The van der Waals surface area contributed by atoms with Gasteiger partial charge in [-0.15, -0.1) is 0 Å². The van der Waals surface area contributed by atoms with Crippen LogP contribution in [0.15, 0.2) is 109 Å². The Morgan fingerprint density at radius 2 is 1.42 bits per heavy atom. The topological polar surface area (TPSA) is 51.8 Å². The molecule has 2 heterocycles. The Morgan fingerprint density at radius 1 is 0.667 bits per heavy atom. The quantitative estimate of drug-likeness (QED) is 0.213. The highest BCUT2D eigenvalue weighted by Gasteiger charge is 2.13. The number of aromatic nitrogens is 2. The summed E-state index contributed by atoms with van der Waals surface area (Å²) in [5.74, 6) is 0. The van der Waals surface area contributed by atoms with Crippen molar-refractivity contribution in [2.75, 3.05) is 5.73 Å². The molecule has 0 saturated carbocycles. The van der Waals surface area contributed by atoms with E-state index in [0.717, 1.165) is 39.8 Å². The third-order valence-electron chi connectivity index (χ3n) is 7.09. The van der Waals surface area contributed by atoms with E-state index < -0.39 is 0 Å². The fourth-order valence-corrected chi connectivity index (χ4v) is 5.31. The summed E-state index contributed by atoms with van der Waals surface area (Å²) in [6.45, 7) is 0. The van der Waals surface area contributed by atoms with E-state index in [1.807, 2.05) is 24.4 Å². The normalized spacial score (nSPS) is 12.0. The lowest BCUT2D eigenvalue weighted by Gasteiger charge is -2.14. The monoisotopic (exact) mass is 461 g/mol. The van der Waals surface area contributed by atoms with Crippen molar-refractivity contribution in [3.05, 3.63) is 121 Å². The van der Waals surface area contributed by atoms with Crippen LogP contribution in [-0.2, 0) is 6.42 Å². The van der Waals surface area contributed by atoms with Gasteiger partial charge < -0.3 is 5.73 Å². The molecule has 0 bridgehead atoms. The molecule has 2 N–H and O–H groups in total. The third-order valence-corrected chi connectivity index (χ3v) is 7.09. The smallest absolute Gasteiger partial charge is 0.0944 e. The van der Waals surface area contributed by atoms with E-state index in [4.69, 9.17) is 10.7 Å². The average molecular weight is 462 g/mol. The summed E-state index contributed by atoms with van der Waals surface area (Å²) in [5, 5.41) is 8.64. The molecule has 0 unspecified atom stereocenters. The summed E-state index contributed by atoms with van der Waals surface area (Å²) >= 11 is 0. The fourth-order valence-electron chi connectivity index (χ4n) is 5.31. The van der Waals surface area contributed by atoms with Gasteiger partial charge in [0.05, 0.1) is 16.9 Å². The molecule has 0 fully saturated rings. The molecular weight excluding hydrogens is 438 g/mol. The number of fused-ring (bicyclic) bond motifs is 1. The first-order chi connectivity index (χ1) is 17.8. The Hall–Kier alpha value is -4.76. The number of benzene rings is 5. The molecule has 0 amide bonds. The van der Waals surface area contributed by atoms with Gasteiger partial charge in [0.15, 0.2) is 0 Å². The van der Waals surface area contributed by atoms with Crippen LogP contribution >= 0.6 is 0 Å². The van der Waals surface area contributed by atoms with Gasteiger partial charge in [0.25, 0.3) is 0 Å². The fraction of sp³-hybridized carbons (Fsp3) is 0.0303. The summed E-state index contributed by atoms with van der Waals surface area (Å²) in [7, 11) is 0. The van der Waals surface area contributed by atoms with Crippen molar-refractivity contribution >= 4 is 55.0 Å². The van der Waals surface area contributed by atoms with Crippen molar-refractivity contribution < 1.29 is 0 Å². The van der Waals surface area contributed by atoms with Gasteiger partial charge in [-0.1, -0.05) is 91.0 Å². The number of hydrogen-bond acceptors (Lipinski definition) is 3. The van der Waals surface area contributed by atoms with Crippen LogP contribution in [0.5, 0.6) is 0 Å². The molecule has 170 valence electrons. The second-order valence-corrected chi connectivity index (χ2v) is 9.23. The van der Waals surface area contributed by atoms with E-state index in [2.05, 4.69) is 96.0 Å². The lowest BCUT2D eigenvalue weighted by Crippen LogP contribution is -1.96. The predicted molar refractivity (Wildman–Crippen MR) is 152 cm³/mol. The first-order valence-corrected chi connectivity index (χ1v) is 12.2. The Bertz CT molecular complexity index is 1900. The standard InChI is InChI=1S/C33H23N3/c34-32-24(7-4-9-26-8-1-2-20-35-26)12-13-25-16-19-29(36-33(25)32)27-17-14-23-11-10-21-5-3-6-22-15-18-28(27)31(23)30(21)22/h1-8,10-20H,9,34H2/b7-4-. The zero-order chi connectivity index (χ0) is 24.1. The Kier molecular flexibility index (Phi) is 4.68. The average Bonchev–Trinajstić information content (AvgIpc) is 2.93. The molecule has 3 heteroatoms. The van der Waals surface area contributed by atoms with Crippen LogP contribution in [0, 0.1) is 0 Å². The highest BCUT2D eigenvalue weighted by molar-refractivity contribution is 6.25. The molecule has 3 nitrogen and oxygen atoms in total. The first kappa shape index (κ1) is 20.6. The van der Waals surface area contributed by atoms with E-state index in [9.17, 15) is 0 Å². The van der Waals surface area contributed by atoms with Crippen LogP contribution in [0.2, 0.25) is 0 Å². The van der Waals surface area contributed by atoms with Gasteiger partial charge in [0.1, 0.15) is 0 Å². The van der Waals surface area contributed by atoms with Crippen LogP contribution < -0.4 is 5.73 Å². The van der Waals surface area contributed by atoms with Crippen molar-refractivity contribution in [1.29, 1.82) is 0 Å². The number of pyridine rings is 2. The van der Waals surface area contributed by atoms with Crippen LogP contribution in [0.4, 0.5) is 5.69 Å². The molecule has 0 aliphatic rings. The summed E-state index contributed by atoms with van der Waals surface area (Å²) in [4.78, 5) is 9.47. The highest BCUT2D eigenvalue weighted by atomic mass is 14.7. The molecule has 36 heavy (non-hydrogen) atoms. The Balaban J connectivity index is 1.35. The van der Waals surface area contributed by atoms with E-state index in [1.165, 1.54) is 32.3 Å². The molecule has 0 aliphatic heterocycles. The van der Waals surface area contributed by atoms with E-state index in [-0.39, 0.29) is 0 Å². The third kappa shape index (κ3) is 3.29. The van der Waals surface area contributed by atoms with Crippen molar-refractivity contribution in [2.24, 2.45) is 0 Å². The Labute approximate surface area is 208 Å². The number of anilines is 1. The number of nitrogen functional groups attached to an aromatic ring is 1. The summed E-state index contributed by atoms with van der Waals surface area (Å²) in [5.41, 5.74) is 12.2. The molecule has 5 aromatic carbocycles. The van der Waals surface area contributed by atoms with Crippen molar-refractivity contribution in [3.8, 4) is 11.3 Å². The lowest BCUT2D eigenvalue weighted by molar-refractivity contribution is 1.11. The van der Waals surface area contributed by atoms with Gasteiger partial charge >= 0.3 is 0 Å². The zero-order valence-electron chi connectivity index (χ0n) is 19.6. The van der Waals surface area contributed by atoms with Crippen molar-refractivity contribution in [2.45, 2.75) is 6.42 Å². The molecule has 0 spiro atoms. The summed E-state index contributed by atoms with van der Waals surface area (Å²) in [6, 6.07) is 34.1. The maximum absolute atomic E-state index is 6.65.